The van der Waals surface area contributed by atoms with E-state index in [9.17, 15) is 42.3 Å². The van der Waals surface area contributed by atoms with E-state index >= 15 is 0 Å². The molecule has 0 aliphatic rings. The molecule has 75 heavy (non-hydrogen) atoms. The van der Waals surface area contributed by atoms with Crippen molar-refractivity contribution in [2.24, 2.45) is 17.2 Å². The molecular formula is C57H60F2N6O10. The normalized spacial score (nSPS) is 11.7. The van der Waals surface area contributed by atoms with E-state index in [1.165, 1.54) is 24.3 Å². The lowest BCUT2D eigenvalue weighted by Gasteiger charge is -2.22. The highest BCUT2D eigenvalue weighted by Crippen LogP contribution is 2.24. The number of carbonyl (C=O) groups excluding carboxylic acids is 7. The van der Waals surface area contributed by atoms with Crippen molar-refractivity contribution in [3.05, 3.63) is 200 Å². The Morgan fingerprint density at radius 1 is 0.533 bits per heavy atom. The van der Waals surface area contributed by atoms with Crippen LogP contribution in [0, 0.1) is 39.3 Å². The van der Waals surface area contributed by atoms with E-state index in [0.717, 1.165) is 39.9 Å². The maximum atomic E-state index is 14.2. The third-order valence-electron chi connectivity index (χ3n) is 11.4. The van der Waals surface area contributed by atoms with E-state index in [0.29, 0.717) is 27.8 Å². The minimum Gasteiger partial charge on any atom is -0.457 e. The van der Waals surface area contributed by atoms with Gasteiger partial charge in [0, 0.05) is 24.5 Å². The van der Waals surface area contributed by atoms with Crippen molar-refractivity contribution in [1.82, 2.24) is 5.32 Å². The molecule has 2 atom stereocenters. The van der Waals surface area contributed by atoms with Crippen LogP contribution in [0.1, 0.15) is 119 Å². The fourth-order valence-corrected chi connectivity index (χ4v) is 7.53. The van der Waals surface area contributed by atoms with Gasteiger partial charge in [0.05, 0.1) is 34.1 Å². The van der Waals surface area contributed by atoms with Crippen LogP contribution in [0.4, 0.5) is 25.0 Å². The number of aryl methyl sites for hydroxylation is 4. The highest BCUT2D eigenvalue weighted by Gasteiger charge is 2.25. The second kappa shape index (κ2) is 25.7. The van der Waals surface area contributed by atoms with Gasteiger partial charge in [0.25, 0.3) is 11.8 Å². The third-order valence-corrected chi connectivity index (χ3v) is 11.4. The van der Waals surface area contributed by atoms with Crippen molar-refractivity contribution in [3.63, 3.8) is 0 Å². The highest BCUT2D eigenvalue weighted by atomic mass is 19.1. The Bertz CT molecular complexity index is 3080. The van der Waals surface area contributed by atoms with Crippen LogP contribution in [-0.2, 0) is 37.0 Å². The molecule has 0 saturated heterocycles. The molecule has 0 aliphatic heterocycles. The van der Waals surface area contributed by atoms with Crippen LogP contribution in [0.5, 0.6) is 0 Å². The summed E-state index contributed by atoms with van der Waals surface area (Å²) in [6.07, 6.45) is -0.706. The molecule has 392 valence electrons. The predicted molar refractivity (Wildman–Crippen MR) is 279 cm³/mol. The number of ether oxygens (including phenoxy) is 3. The Morgan fingerprint density at radius 3 is 1.28 bits per heavy atom. The number of rotatable bonds is 17. The molecule has 0 radical (unpaired) electrons. The van der Waals surface area contributed by atoms with Crippen LogP contribution in [-0.4, -0.2) is 60.4 Å². The van der Waals surface area contributed by atoms with Gasteiger partial charge in [-0.05, 0) is 130 Å². The van der Waals surface area contributed by atoms with E-state index < -0.39 is 70.7 Å². The van der Waals surface area contributed by atoms with Gasteiger partial charge < -0.3 is 47.4 Å². The van der Waals surface area contributed by atoms with Crippen molar-refractivity contribution < 1.29 is 56.6 Å². The Hall–Kier alpha value is -8.77. The predicted octanol–water partition coefficient (Wildman–Crippen LogP) is 8.72. The molecule has 6 aromatic carbocycles. The summed E-state index contributed by atoms with van der Waals surface area (Å²) in [4.78, 5) is 85.6. The molecular weight excluding hydrogens is 967 g/mol. The van der Waals surface area contributed by atoms with Gasteiger partial charge in [-0.15, -0.1) is 0 Å². The van der Waals surface area contributed by atoms with E-state index in [2.05, 4.69) is 16.0 Å². The standard InChI is InChI=1S/C31H34FN3O6.C26H26FN3O4/c1-18-6-12-23(19(2)14-18)29(38)40-17-20-7-9-21(10-8-20)25(16-34-30(39)41-31(3,4)5)28(37)35-22-11-13-24(27(33)36)26(32)15-22;1-15-3-9-20(16(2)11-15)26(33)34-14-17-4-6-18(7-5-17)22(13-28)25(32)30-19-8-10-21(24(29)31)23(27)12-19/h6-15,25H,16-17H2,1-5H3,(H2,33,36)(H,34,39)(H,35,37);3-12,22H,13-14,28H2,1-2H3,(H2,29,31)(H,30,32). The summed E-state index contributed by atoms with van der Waals surface area (Å²) in [5, 5.41) is 7.80. The Labute approximate surface area is 433 Å². The van der Waals surface area contributed by atoms with Crippen molar-refractivity contribution in [2.75, 3.05) is 23.7 Å². The molecule has 5 amide bonds. The number of benzene rings is 6. The molecule has 0 bridgehead atoms. The lowest BCUT2D eigenvalue weighted by Crippen LogP contribution is -2.37. The number of anilines is 2. The largest absolute Gasteiger partial charge is 0.457 e. The molecule has 6 aromatic rings. The first-order valence-corrected chi connectivity index (χ1v) is 23.6. The number of nitrogens with two attached hydrogens (primary N) is 3. The minimum atomic E-state index is -0.931. The lowest BCUT2D eigenvalue weighted by atomic mass is 9.96. The third kappa shape index (κ3) is 16.6. The topological polar surface area (TPSA) is 261 Å². The lowest BCUT2D eigenvalue weighted by molar-refractivity contribution is -0.118. The van der Waals surface area contributed by atoms with Crippen LogP contribution in [0.15, 0.2) is 121 Å². The summed E-state index contributed by atoms with van der Waals surface area (Å²) in [7, 11) is 0. The van der Waals surface area contributed by atoms with E-state index in [4.69, 9.17) is 31.4 Å². The average Bonchev–Trinajstić information content (AvgIpc) is 3.33. The number of alkyl carbamates (subject to hydrolysis) is 1. The zero-order valence-corrected chi connectivity index (χ0v) is 42.6. The minimum absolute atomic E-state index is 0.0188. The summed E-state index contributed by atoms with van der Waals surface area (Å²) < 4.78 is 44.4. The Morgan fingerprint density at radius 2 is 0.920 bits per heavy atom. The number of hydrogen-bond donors (Lipinski definition) is 6. The van der Waals surface area contributed by atoms with Crippen LogP contribution in [0.3, 0.4) is 0 Å². The van der Waals surface area contributed by atoms with Crippen molar-refractivity contribution in [2.45, 2.75) is 79.1 Å². The van der Waals surface area contributed by atoms with Crippen LogP contribution < -0.4 is 33.2 Å². The molecule has 18 heteroatoms. The maximum Gasteiger partial charge on any atom is 0.407 e. The summed E-state index contributed by atoms with van der Waals surface area (Å²) in [6, 6.07) is 31.9. The first-order valence-electron chi connectivity index (χ1n) is 23.6. The SMILES string of the molecule is Cc1ccc(C(=O)OCc2ccc(C(CN)C(=O)Nc3ccc(C(N)=O)c(F)c3)cc2)c(C)c1.Cc1ccc(C(=O)OCc2ccc(C(CNC(=O)OC(C)(C)C)C(=O)Nc3ccc(C(N)=O)c(F)c3)cc2)c(C)c1. The molecule has 0 aromatic heterocycles. The van der Waals surface area contributed by atoms with Gasteiger partial charge in [-0.2, -0.15) is 0 Å². The van der Waals surface area contributed by atoms with Crippen LogP contribution >= 0.6 is 0 Å². The second-order valence-corrected chi connectivity index (χ2v) is 18.6. The monoisotopic (exact) mass is 1030 g/mol. The van der Waals surface area contributed by atoms with Crippen molar-refractivity contribution >= 4 is 53.0 Å². The number of primary amides is 2. The fraction of sp³-hybridized carbons (Fsp3) is 0.246. The smallest absolute Gasteiger partial charge is 0.407 e. The molecule has 0 spiro atoms. The maximum absolute atomic E-state index is 14.2. The van der Waals surface area contributed by atoms with Gasteiger partial charge >= 0.3 is 18.0 Å². The average molecular weight is 1030 g/mol. The van der Waals surface area contributed by atoms with Gasteiger partial charge in [-0.25, -0.2) is 23.2 Å². The second-order valence-electron chi connectivity index (χ2n) is 18.6. The Kier molecular flexibility index (Phi) is 19.6. The molecule has 0 fully saturated rings. The first-order chi connectivity index (χ1) is 35.4. The summed E-state index contributed by atoms with van der Waals surface area (Å²) in [6.45, 7) is 12.7. The molecule has 0 heterocycles. The van der Waals surface area contributed by atoms with Gasteiger partial charge in [0.15, 0.2) is 0 Å². The van der Waals surface area contributed by atoms with Crippen LogP contribution in [0.2, 0.25) is 0 Å². The van der Waals surface area contributed by atoms with Gasteiger partial charge in [0.1, 0.15) is 30.4 Å². The number of carbonyl (C=O) groups is 7. The van der Waals surface area contributed by atoms with E-state index in [1.807, 2.05) is 52.0 Å². The molecule has 16 nitrogen and oxygen atoms in total. The van der Waals surface area contributed by atoms with Crippen molar-refractivity contribution in [1.29, 1.82) is 0 Å². The van der Waals surface area contributed by atoms with Gasteiger partial charge in [-0.3, -0.25) is 19.2 Å². The Balaban J connectivity index is 0.000000282. The molecule has 0 saturated carbocycles. The van der Waals surface area contributed by atoms with Gasteiger partial charge in [0.2, 0.25) is 11.8 Å². The number of halogens is 2. The zero-order valence-electron chi connectivity index (χ0n) is 42.6. The molecule has 0 aliphatic carbocycles. The summed E-state index contributed by atoms with van der Waals surface area (Å²) in [5.74, 6) is -6.93. The fourth-order valence-electron chi connectivity index (χ4n) is 7.53. The number of amides is 5. The highest BCUT2D eigenvalue weighted by molar-refractivity contribution is 5.99. The summed E-state index contributed by atoms with van der Waals surface area (Å²) >= 11 is 0. The molecule has 2 unspecified atom stereocenters. The van der Waals surface area contributed by atoms with Crippen LogP contribution in [0.25, 0.3) is 0 Å². The van der Waals surface area contributed by atoms with E-state index in [-0.39, 0.29) is 48.8 Å². The molecule has 6 rings (SSSR count). The summed E-state index contributed by atoms with van der Waals surface area (Å²) in [5.41, 5.74) is 22.4. The van der Waals surface area contributed by atoms with Crippen molar-refractivity contribution in [3.8, 4) is 0 Å². The first kappa shape index (κ1) is 57.1. The quantitative estimate of drug-likeness (QED) is 0.0372. The number of esters is 2. The van der Waals surface area contributed by atoms with Gasteiger partial charge in [-0.1, -0.05) is 83.9 Å². The zero-order chi connectivity index (χ0) is 55.1. The number of hydrogen-bond acceptors (Lipinski definition) is 11. The molecule has 9 N–H and O–H groups in total. The number of nitrogens with one attached hydrogen (secondary N) is 3. The van der Waals surface area contributed by atoms with E-state index in [1.54, 1.807) is 81.4 Å².